The van der Waals surface area contributed by atoms with Crippen LogP contribution in [0.2, 0.25) is 0 Å². The minimum atomic E-state index is -0.315. The minimum Gasteiger partial charge on any atom is -0.299 e. The maximum Gasteiger partial charge on any atom is 0.138 e. The molecule has 0 aromatic rings. The molecule has 3 unspecified atom stereocenters. The van der Waals surface area contributed by atoms with E-state index in [-0.39, 0.29) is 16.7 Å². The van der Waals surface area contributed by atoms with E-state index in [4.69, 9.17) is 5.26 Å². The second-order valence-corrected chi connectivity index (χ2v) is 4.77. The summed E-state index contributed by atoms with van der Waals surface area (Å²) in [4.78, 5) is 11.5. The average Bonchev–Trinajstić information content (AvgIpc) is 2.48. The van der Waals surface area contributed by atoms with Gasteiger partial charge >= 0.3 is 0 Å². The molecule has 0 amide bonds. The number of ketones is 1. The number of nitriles is 1. The molecule has 64 valence electrons. The number of rotatable bonds is 0. The molecule has 2 fully saturated rings. The normalized spacial score (nSPS) is 48.3. The number of Topliss-reactive ketones (excluding diaryl/α,β-unsaturated/α-hetero) is 1. The molecule has 3 atom stereocenters. The Morgan fingerprint density at radius 1 is 1.58 bits per heavy atom. The van der Waals surface area contributed by atoms with Gasteiger partial charge in [0.25, 0.3) is 0 Å². The highest BCUT2D eigenvalue weighted by molar-refractivity contribution is 5.91. The van der Waals surface area contributed by atoms with Gasteiger partial charge in [0.1, 0.15) is 5.78 Å². The van der Waals surface area contributed by atoms with Crippen LogP contribution >= 0.6 is 0 Å². The maximum absolute atomic E-state index is 11.5. The number of carbonyl (C=O) groups is 1. The molecular formula is C10H13NO. The molecule has 2 rings (SSSR count). The molecular weight excluding hydrogens is 150 g/mol. The second kappa shape index (κ2) is 1.74. The van der Waals surface area contributed by atoms with Gasteiger partial charge in [-0.25, -0.2) is 0 Å². The summed E-state index contributed by atoms with van der Waals surface area (Å²) in [5.74, 6) is 0.644. The van der Waals surface area contributed by atoms with Crippen LogP contribution in [-0.2, 0) is 4.79 Å². The Balaban J connectivity index is 2.48. The molecule has 2 aliphatic rings. The average molecular weight is 163 g/mol. The number of hydrogen-bond acceptors (Lipinski definition) is 2. The van der Waals surface area contributed by atoms with E-state index in [2.05, 4.69) is 6.07 Å². The summed E-state index contributed by atoms with van der Waals surface area (Å²) in [7, 11) is 0. The predicted molar refractivity (Wildman–Crippen MR) is 44.1 cm³/mol. The highest BCUT2D eigenvalue weighted by Gasteiger charge is 2.77. The van der Waals surface area contributed by atoms with Gasteiger partial charge < -0.3 is 0 Å². The Labute approximate surface area is 72.6 Å². The zero-order valence-electron chi connectivity index (χ0n) is 7.72. The molecule has 0 aliphatic heterocycles. The van der Waals surface area contributed by atoms with Gasteiger partial charge in [-0.1, -0.05) is 20.8 Å². The molecule has 12 heavy (non-hydrogen) atoms. The van der Waals surface area contributed by atoms with Gasteiger partial charge in [-0.05, 0) is 11.3 Å². The number of hydrogen-bond donors (Lipinski definition) is 0. The molecule has 0 radical (unpaired) electrons. The van der Waals surface area contributed by atoms with Crippen molar-refractivity contribution in [3.63, 3.8) is 0 Å². The molecule has 0 heterocycles. The number of carbonyl (C=O) groups excluding carboxylic acids is 1. The summed E-state index contributed by atoms with van der Waals surface area (Å²) in [6.45, 7) is 6.10. The summed E-state index contributed by atoms with van der Waals surface area (Å²) in [5.41, 5.74) is -0.410. The SMILES string of the molecule is CC1C2C(=O)CC(C)(C)C12C#N. The van der Waals surface area contributed by atoms with Crippen LogP contribution in [0.3, 0.4) is 0 Å². The van der Waals surface area contributed by atoms with Crippen LogP contribution < -0.4 is 0 Å². The Kier molecular flexibility index (Phi) is 1.13. The summed E-state index contributed by atoms with van der Waals surface area (Å²) in [6, 6.07) is 2.36. The van der Waals surface area contributed by atoms with Crippen molar-refractivity contribution in [2.45, 2.75) is 27.2 Å². The van der Waals surface area contributed by atoms with E-state index in [9.17, 15) is 4.79 Å². The van der Waals surface area contributed by atoms with Gasteiger partial charge in [-0.3, -0.25) is 4.79 Å². The van der Waals surface area contributed by atoms with E-state index in [0.717, 1.165) is 0 Å². The summed E-state index contributed by atoms with van der Waals surface area (Å²) < 4.78 is 0. The van der Waals surface area contributed by atoms with Crippen molar-refractivity contribution in [1.29, 1.82) is 5.26 Å². The fourth-order valence-corrected chi connectivity index (χ4v) is 3.15. The molecule has 0 spiro atoms. The van der Waals surface area contributed by atoms with E-state index in [1.165, 1.54) is 0 Å². The van der Waals surface area contributed by atoms with Gasteiger partial charge in [0, 0.05) is 12.3 Å². The standard InChI is InChI=1S/C10H13NO/c1-6-8-7(12)4-9(2,3)10(6,8)5-11/h6,8H,4H2,1-3H3. The third-order valence-electron chi connectivity index (χ3n) is 3.87. The molecule has 0 bridgehead atoms. The topological polar surface area (TPSA) is 40.9 Å². The molecule has 0 N–H and O–H groups in total. The van der Waals surface area contributed by atoms with Crippen molar-refractivity contribution >= 4 is 5.78 Å². The van der Waals surface area contributed by atoms with Crippen LogP contribution in [0.4, 0.5) is 0 Å². The van der Waals surface area contributed by atoms with Gasteiger partial charge in [-0.15, -0.1) is 0 Å². The Morgan fingerprint density at radius 2 is 2.17 bits per heavy atom. The van der Waals surface area contributed by atoms with Gasteiger partial charge in [0.05, 0.1) is 11.5 Å². The van der Waals surface area contributed by atoms with Crippen LogP contribution in [0.15, 0.2) is 0 Å². The van der Waals surface area contributed by atoms with Crippen molar-refractivity contribution in [1.82, 2.24) is 0 Å². The third kappa shape index (κ3) is 0.523. The molecule has 2 aliphatic carbocycles. The largest absolute Gasteiger partial charge is 0.299 e. The quantitative estimate of drug-likeness (QED) is 0.546. The Morgan fingerprint density at radius 3 is 2.42 bits per heavy atom. The lowest BCUT2D eigenvalue weighted by Gasteiger charge is -2.25. The van der Waals surface area contributed by atoms with E-state index >= 15 is 0 Å². The zero-order chi connectivity index (χ0) is 9.15. The first-order valence-electron chi connectivity index (χ1n) is 4.41. The van der Waals surface area contributed by atoms with Gasteiger partial charge in [-0.2, -0.15) is 5.26 Å². The zero-order valence-corrected chi connectivity index (χ0v) is 7.72. The monoisotopic (exact) mass is 163 g/mol. The molecule has 2 heteroatoms. The van der Waals surface area contributed by atoms with E-state index in [1.54, 1.807) is 0 Å². The highest BCUT2D eigenvalue weighted by atomic mass is 16.1. The maximum atomic E-state index is 11.5. The lowest BCUT2D eigenvalue weighted by atomic mass is 9.76. The van der Waals surface area contributed by atoms with Crippen molar-refractivity contribution in [3.8, 4) is 6.07 Å². The lowest BCUT2D eigenvalue weighted by molar-refractivity contribution is -0.120. The van der Waals surface area contributed by atoms with E-state index in [1.807, 2.05) is 20.8 Å². The number of fused-ring (bicyclic) bond motifs is 1. The Bertz CT molecular complexity index is 299. The van der Waals surface area contributed by atoms with Gasteiger partial charge in [0.15, 0.2) is 0 Å². The highest BCUT2D eigenvalue weighted by Crippen LogP contribution is 2.73. The van der Waals surface area contributed by atoms with Crippen LogP contribution in [-0.4, -0.2) is 5.78 Å². The number of nitrogens with zero attached hydrogens (tertiary/aromatic N) is 1. The van der Waals surface area contributed by atoms with Crippen molar-refractivity contribution in [3.05, 3.63) is 0 Å². The Hall–Kier alpha value is -0.840. The molecule has 0 saturated heterocycles. The summed E-state index contributed by atoms with van der Waals surface area (Å²) >= 11 is 0. The van der Waals surface area contributed by atoms with Gasteiger partial charge in [0.2, 0.25) is 0 Å². The fraction of sp³-hybridized carbons (Fsp3) is 0.800. The first-order valence-corrected chi connectivity index (χ1v) is 4.41. The first kappa shape index (κ1) is 7.79. The molecule has 0 aromatic carbocycles. The smallest absolute Gasteiger partial charge is 0.138 e. The summed E-state index contributed by atoms with van der Waals surface area (Å²) in [5, 5.41) is 9.09. The van der Waals surface area contributed by atoms with Crippen LogP contribution in [0.25, 0.3) is 0 Å². The molecule has 2 nitrogen and oxygen atoms in total. The van der Waals surface area contributed by atoms with Crippen molar-refractivity contribution in [2.24, 2.45) is 22.7 Å². The van der Waals surface area contributed by atoms with Crippen LogP contribution in [0, 0.1) is 34.0 Å². The molecule has 2 saturated carbocycles. The fourth-order valence-electron chi connectivity index (χ4n) is 3.15. The van der Waals surface area contributed by atoms with Crippen LogP contribution in [0.5, 0.6) is 0 Å². The summed E-state index contributed by atoms with van der Waals surface area (Å²) in [6.07, 6.45) is 0.593. The predicted octanol–water partition coefficient (Wildman–Crippen LogP) is 1.76. The van der Waals surface area contributed by atoms with Crippen molar-refractivity contribution in [2.75, 3.05) is 0 Å². The lowest BCUT2D eigenvalue weighted by Crippen LogP contribution is -2.23. The van der Waals surface area contributed by atoms with E-state index < -0.39 is 0 Å². The van der Waals surface area contributed by atoms with Crippen molar-refractivity contribution < 1.29 is 4.79 Å². The van der Waals surface area contributed by atoms with Crippen LogP contribution in [0.1, 0.15) is 27.2 Å². The van der Waals surface area contributed by atoms with E-state index in [0.29, 0.717) is 18.1 Å². The first-order chi connectivity index (χ1) is 5.47. The second-order valence-electron chi connectivity index (χ2n) is 4.77. The minimum absolute atomic E-state index is 0.0532. The molecule has 0 aromatic heterocycles. The third-order valence-corrected chi connectivity index (χ3v) is 3.87.